The van der Waals surface area contributed by atoms with Gasteiger partial charge < -0.3 is 15.7 Å². The molecule has 0 spiro atoms. The normalized spacial score (nSPS) is 14.1. The summed E-state index contributed by atoms with van der Waals surface area (Å²) in [6, 6.07) is 6.64. The summed E-state index contributed by atoms with van der Waals surface area (Å²) >= 11 is 0. The molecule has 118 valence electrons. The van der Waals surface area contributed by atoms with Gasteiger partial charge >= 0.3 is 0 Å². The predicted molar refractivity (Wildman–Crippen MR) is 85.1 cm³/mol. The van der Waals surface area contributed by atoms with Gasteiger partial charge in [-0.05, 0) is 37.2 Å². The molecule has 1 aromatic rings. The number of hydrogen-bond donors (Lipinski definition) is 3. The number of amides is 1. The van der Waals surface area contributed by atoms with E-state index in [1.54, 1.807) is 24.3 Å². The van der Waals surface area contributed by atoms with Crippen molar-refractivity contribution in [3.05, 3.63) is 29.8 Å². The van der Waals surface area contributed by atoms with Gasteiger partial charge in [-0.2, -0.15) is 0 Å². The number of likely N-dealkylation sites (N-methyl/N-ethyl adjacent to an activating group) is 1. The highest BCUT2D eigenvalue weighted by atomic mass is 16.3. The number of carbonyl (C=O) groups is 1. The van der Waals surface area contributed by atoms with Crippen LogP contribution in [0, 0.1) is 0 Å². The summed E-state index contributed by atoms with van der Waals surface area (Å²) in [4.78, 5) is 14.3. The van der Waals surface area contributed by atoms with Crippen molar-refractivity contribution in [2.24, 2.45) is 5.73 Å². The van der Waals surface area contributed by atoms with Crippen molar-refractivity contribution in [3.63, 3.8) is 0 Å². The fourth-order valence-corrected chi connectivity index (χ4v) is 2.55. The van der Waals surface area contributed by atoms with Gasteiger partial charge in [-0.25, -0.2) is 0 Å². The van der Waals surface area contributed by atoms with Crippen LogP contribution in [0.4, 0.5) is 0 Å². The summed E-state index contributed by atoms with van der Waals surface area (Å²) < 4.78 is 0. The van der Waals surface area contributed by atoms with E-state index < -0.39 is 11.4 Å². The fourth-order valence-electron chi connectivity index (χ4n) is 2.55. The molecule has 21 heavy (non-hydrogen) atoms. The Bertz CT molecular complexity index is 443. The number of nitrogens with zero attached hydrogens (tertiary/aromatic N) is 1. The highest BCUT2D eigenvalue weighted by molar-refractivity contribution is 5.86. The van der Waals surface area contributed by atoms with E-state index >= 15 is 0 Å². The molecule has 1 atom stereocenters. The van der Waals surface area contributed by atoms with Crippen LogP contribution in [0.1, 0.15) is 32.8 Å². The first-order chi connectivity index (χ1) is 10.00. The van der Waals surface area contributed by atoms with Gasteiger partial charge in [-0.15, -0.1) is 0 Å². The Hall–Kier alpha value is -1.59. The second-order valence-corrected chi connectivity index (χ2v) is 5.12. The highest BCUT2D eigenvalue weighted by Gasteiger charge is 2.36. The molecule has 1 rings (SSSR count). The quantitative estimate of drug-likeness (QED) is 0.643. The lowest BCUT2D eigenvalue weighted by molar-refractivity contribution is -0.125. The number of carbonyl (C=O) groups excluding carboxylic acids is 1. The van der Waals surface area contributed by atoms with Crippen LogP contribution in [0.5, 0.6) is 5.75 Å². The number of nitrogens with one attached hydrogen (secondary N) is 1. The Morgan fingerprint density at radius 1 is 1.24 bits per heavy atom. The molecule has 0 saturated heterocycles. The lowest BCUT2D eigenvalue weighted by Gasteiger charge is -2.32. The van der Waals surface area contributed by atoms with Crippen molar-refractivity contribution in [3.8, 4) is 5.75 Å². The molecular formula is C16H27N3O2. The number of nitrogens with two attached hydrogens (primary N) is 1. The first kappa shape index (κ1) is 17.5. The molecule has 1 unspecified atom stereocenters. The third-order valence-corrected chi connectivity index (χ3v) is 4.06. The van der Waals surface area contributed by atoms with Crippen LogP contribution in [0.15, 0.2) is 24.3 Å². The molecule has 0 aliphatic carbocycles. The second kappa shape index (κ2) is 8.00. The van der Waals surface area contributed by atoms with E-state index in [0.717, 1.165) is 25.2 Å². The SMILES string of the molecule is CCN(CC)CCNC(CC)(C(N)=O)c1ccc(O)cc1. The molecule has 0 radical (unpaired) electrons. The average Bonchev–Trinajstić information content (AvgIpc) is 2.49. The van der Waals surface area contributed by atoms with E-state index in [1.807, 2.05) is 6.92 Å². The van der Waals surface area contributed by atoms with Crippen LogP contribution in [0.2, 0.25) is 0 Å². The Balaban J connectivity index is 2.89. The highest BCUT2D eigenvalue weighted by Crippen LogP contribution is 2.26. The zero-order valence-corrected chi connectivity index (χ0v) is 13.2. The first-order valence-electron chi connectivity index (χ1n) is 7.56. The Kier molecular flexibility index (Phi) is 6.65. The predicted octanol–water partition coefficient (Wildman–Crippen LogP) is 1.41. The molecule has 0 saturated carbocycles. The molecule has 0 aliphatic heterocycles. The minimum Gasteiger partial charge on any atom is -0.508 e. The number of hydrogen-bond acceptors (Lipinski definition) is 4. The largest absolute Gasteiger partial charge is 0.508 e. The van der Waals surface area contributed by atoms with Crippen LogP contribution >= 0.6 is 0 Å². The maximum absolute atomic E-state index is 12.0. The summed E-state index contributed by atoms with van der Waals surface area (Å²) in [6.07, 6.45) is 0.561. The van der Waals surface area contributed by atoms with Crippen molar-refractivity contribution >= 4 is 5.91 Å². The number of phenols is 1. The Morgan fingerprint density at radius 3 is 2.24 bits per heavy atom. The van der Waals surface area contributed by atoms with Crippen LogP contribution in [-0.2, 0) is 10.3 Å². The van der Waals surface area contributed by atoms with Crippen molar-refractivity contribution in [1.29, 1.82) is 0 Å². The summed E-state index contributed by atoms with van der Waals surface area (Å²) in [6.45, 7) is 9.66. The van der Waals surface area contributed by atoms with Crippen LogP contribution in [0.25, 0.3) is 0 Å². The molecule has 5 heteroatoms. The fraction of sp³-hybridized carbons (Fsp3) is 0.562. The maximum Gasteiger partial charge on any atom is 0.242 e. The van der Waals surface area contributed by atoms with Gasteiger partial charge in [0.2, 0.25) is 5.91 Å². The Labute approximate surface area is 127 Å². The van der Waals surface area contributed by atoms with Gasteiger partial charge in [0.15, 0.2) is 0 Å². The molecule has 0 bridgehead atoms. The molecule has 5 nitrogen and oxygen atoms in total. The molecule has 1 aromatic carbocycles. The molecule has 0 fully saturated rings. The van der Waals surface area contributed by atoms with Crippen LogP contribution in [0.3, 0.4) is 0 Å². The van der Waals surface area contributed by atoms with Crippen molar-refractivity contribution in [1.82, 2.24) is 10.2 Å². The third-order valence-electron chi connectivity index (χ3n) is 4.06. The van der Waals surface area contributed by atoms with Crippen molar-refractivity contribution in [2.75, 3.05) is 26.2 Å². The smallest absolute Gasteiger partial charge is 0.242 e. The van der Waals surface area contributed by atoms with E-state index in [4.69, 9.17) is 5.73 Å². The van der Waals surface area contributed by atoms with Crippen LogP contribution < -0.4 is 11.1 Å². The summed E-state index contributed by atoms with van der Waals surface area (Å²) in [5.74, 6) is -0.216. The molecule has 4 N–H and O–H groups in total. The second-order valence-electron chi connectivity index (χ2n) is 5.12. The number of rotatable bonds is 9. The minimum atomic E-state index is -0.888. The summed E-state index contributed by atoms with van der Waals surface area (Å²) in [7, 11) is 0. The van der Waals surface area contributed by atoms with E-state index in [9.17, 15) is 9.90 Å². The molecule has 1 amide bonds. The monoisotopic (exact) mass is 293 g/mol. The summed E-state index contributed by atoms with van der Waals surface area (Å²) in [5, 5.41) is 12.7. The average molecular weight is 293 g/mol. The van der Waals surface area contributed by atoms with Gasteiger partial charge in [0, 0.05) is 13.1 Å². The molecule has 0 heterocycles. The molecule has 0 aromatic heterocycles. The van der Waals surface area contributed by atoms with E-state index in [2.05, 4.69) is 24.1 Å². The third kappa shape index (κ3) is 4.19. The minimum absolute atomic E-state index is 0.177. The number of benzene rings is 1. The van der Waals surface area contributed by atoms with Gasteiger partial charge in [0.05, 0.1) is 0 Å². The lowest BCUT2D eigenvalue weighted by Crippen LogP contribution is -2.54. The number of primary amides is 1. The summed E-state index contributed by atoms with van der Waals surface area (Å²) in [5.41, 5.74) is 5.56. The standard InChI is InChI=1S/C16H27N3O2/c1-4-16(15(17)21,13-7-9-14(20)10-8-13)18-11-12-19(5-2)6-3/h7-10,18,20H,4-6,11-12H2,1-3H3,(H2,17,21). The Morgan fingerprint density at radius 2 is 1.81 bits per heavy atom. The van der Waals surface area contributed by atoms with Crippen LogP contribution in [-0.4, -0.2) is 42.1 Å². The maximum atomic E-state index is 12.0. The van der Waals surface area contributed by atoms with E-state index in [-0.39, 0.29) is 5.75 Å². The zero-order chi connectivity index (χ0) is 15.9. The van der Waals surface area contributed by atoms with Crippen molar-refractivity contribution < 1.29 is 9.90 Å². The number of aromatic hydroxyl groups is 1. The lowest BCUT2D eigenvalue weighted by atomic mass is 9.86. The zero-order valence-electron chi connectivity index (χ0n) is 13.2. The van der Waals surface area contributed by atoms with E-state index in [1.165, 1.54) is 0 Å². The van der Waals surface area contributed by atoms with Gasteiger partial charge in [-0.1, -0.05) is 32.9 Å². The molecule has 0 aliphatic rings. The van der Waals surface area contributed by atoms with Gasteiger partial charge in [0.25, 0.3) is 0 Å². The first-order valence-corrected chi connectivity index (χ1v) is 7.56. The van der Waals surface area contributed by atoms with Gasteiger partial charge in [0.1, 0.15) is 11.3 Å². The van der Waals surface area contributed by atoms with Crippen molar-refractivity contribution in [2.45, 2.75) is 32.7 Å². The topological polar surface area (TPSA) is 78.6 Å². The van der Waals surface area contributed by atoms with E-state index in [0.29, 0.717) is 13.0 Å². The van der Waals surface area contributed by atoms with Gasteiger partial charge in [-0.3, -0.25) is 10.1 Å². The molecular weight excluding hydrogens is 266 g/mol. The number of phenolic OH excluding ortho intramolecular Hbond substituents is 1.